The number of carbonyl (C=O) groups is 2. The zero-order valence-corrected chi connectivity index (χ0v) is 16.0. The summed E-state index contributed by atoms with van der Waals surface area (Å²) in [6.45, 7) is 6.91. The summed E-state index contributed by atoms with van der Waals surface area (Å²) in [6, 6.07) is 10.7. The molecular weight excluding hydrogens is 366 g/mol. The molecule has 0 heterocycles. The molecule has 0 aromatic heterocycles. The molecule has 0 bridgehead atoms. The Bertz CT molecular complexity index is 962. The number of Topliss-reactive ketones (excluding diaryl/α,β-unsaturated/α-hetero) is 1. The molecule has 2 rings (SSSR count). The number of sulfonamides is 1. The fourth-order valence-corrected chi connectivity index (χ4v) is 3.44. The van der Waals surface area contributed by atoms with E-state index < -0.39 is 16.0 Å². The topological polar surface area (TPSA) is 89.5 Å². The molecule has 6 nitrogen and oxygen atoms in total. The van der Waals surface area contributed by atoms with E-state index in [0.717, 1.165) is 11.1 Å². The van der Waals surface area contributed by atoms with Crippen LogP contribution in [0.15, 0.2) is 60.0 Å². The van der Waals surface area contributed by atoms with Crippen LogP contribution in [0.3, 0.4) is 0 Å². The molecule has 0 aliphatic carbocycles. The average molecular weight is 387 g/mol. The van der Waals surface area contributed by atoms with Crippen molar-refractivity contribution in [2.45, 2.75) is 18.7 Å². The first-order valence-electron chi connectivity index (χ1n) is 8.23. The molecule has 27 heavy (non-hydrogen) atoms. The molecule has 0 atom stereocenters. The molecule has 0 saturated heterocycles. The van der Waals surface area contributed by atoms with Crippen molar-refractivity contribution < 1.29 is 22.7 Å². The summed E-state index contributed by atoms with van der Waals surface area (Å²) in [4.78, 5) is 24.3. The van der Waals surface area contributed by atoms with Gasteiger partial charge in [0.1, 0.15) is 0 Å². The van der Waals surface area contributed by atoms with Crippen LogP contribution in [0.4, 0.5) is 0 Å². The smallest absolute Gasteiger partial charge is 0.338 e. The molecule has 0 aliphatic heterocycles. The van der Waals surface area contributed by atoms with Crippen molar-refractivity contribution in [2.75, 3.05) is 13.2 Å². The van der Waals surface area contributed by atoms with Gasteiger partial charge >= 0.3 is 5.97 Å². The normalized spacial score (nSPS) is 11.0. The van der Waals surface area contributed by atoms with Gasteiger partial charge in [-0.25, -0.2) is 17.9 Å². The Morgan fingerprint density at radius 1 is 1.11 bits per heavy atom. The number of ether oxygens (including phenoxy) is 1. The maximum atomic E-state index is 12.2. The minimum atomic E-state index is -3.66. The number of hydrogen-bond donors (Lipinski definition) is 1. The summed E-state index contributed by atoms with van der Waals surface area (Å²) in [5.74, 6) is -0.996. The van der Waals surface area contributed by atoms with Gasteiger partial charge < -0.3 is 4.74 Å². The van der Waals surface area contributed by atoms with Crippen LogP contribution in [0.1, 0.15) is 31.8 Å². The van der Waals surface area contributed by atoms with Crippen LogP contribution in [0.25, 0.3) is 0 Å². The molecule has 7 heteroatoms. The number of nitrogens with one attached hydrogen (secondary N) is 1. The summed E-state index contributed by atoms with van der Waals surface area (Å²) in [5.41, 5.74) is 2.52. The number of rotatable bonds is 8. The molecule has 0 unspecified atom stereocenters. The summed E-state index contributed by atoms with van der Waals surface area (Å²) < 4.78 is 31.3. The minimum absolute atomic E-state index is 0.0206. The fraction of sp³-hybridized carbons (Fsp3) is 0.200. The molecule has 0 aliphatic rings. The van der Waals surface area contributed by atoms with E-state index in [4.69, 9.17) is 4.74 Å². The average Bonchev–Trinajstić information content (AvgIpc) is 2.64. The molecule has 142 valence electrons. The van der Waals surface area contributed by atoms with Crippen LogP contribution in [0.5, 0.6) is 0 Å². The molecule has 0 saturated carbocycles. The molecular formula is C20H21NO5S. The van der Waals surface area contributed by atoms with Crippen LogP contribution in [-0.2, 0) is 14.8 Å². The lowest BCUT2D eigenvalue weighted by Crippen LogP contribution is -2.23. The first-order chi connectivity index (χ1) is 12.7. The molecule has 0 radical (unpaired) electrons. The molecule has 0 fully saturated rings. The molecule has 2 aromatic carbocycles. The van der Waals surface area contributed by atoms with Gasteiger partial charge in [0.05, 0.1) is 10.5 Å². The number of benzene rings is 2. The van der Waals surface area contributed by atoms with Gasteiger partial charge in [0.15, 0.2) is 6.61 Å². The predicted octanol–water partition coefficient (Wildman–Crippen LogP) is 2.81. The van der Waals surface area contributed by atoms with E-state index in [0.29, 0.717) is 5.56 Å². The Kier molecular flexibility index (Phi) is 6.65. The second kappa shape index (κ2) is 8.75. The lowest BCUT2D eigenvalue weighted by Gasteiger charge is -2.08. The van der Waals surface area contributed by atoms with E-state index in [1.807, 2.05) is 26.0 Å². The highest BCUT2D eigenvalue weighted by molar-refractivity contribution is 7.89. The third-order valence-electron chi connectivity index (χ3n) is 3.83. The molecule has 2 aromatic rings. The van der Waals surface area contributed by atoms with Crippen molar-refractivity contribution in [3.63, 3.8) is 0 Å². The van der Waals surface area contributed by atoms with Crippen molar-refractivity contribution >= 4 is 21.8 Å². The van der Waals surface area contributed by atoms with Crippen molar-refractivity contribution in [3.05, 3.63) is 77.4 Å². The Morgan fingerprint density at radius 2 is 1.78 bits per heavy atom. The summed E-state index contributed by atoms with van der Waals surface area (Å²) in [6.07, 6.45) is 1.43. The summed E-state index contributed by atoms with van der Waals surface area (Å²) in [7, 11) is -3.66. The third-order valence-corrected chi connectivity index (χ3v) is 5.27. The number of ketones is 1. The first-order valence-corrected chi connectivity index (χ1v) is 9.71. The monoisotopic (exact) mass is 387 g/mol. The van der Waals surface area contributed by atoms with Crippen molar-refractivity contribution in [1.29, 1.82) is 0 Å². The van der Waals surface area contributed by atoms with E-state index in [-0.39, 0.29) is 29.4 Å². The van der Waals surface area contributed by atoms with Crippen molar-refractivity contribution in [3.8, 4) is 0 Å². The van der Waals surface area contributed by atoms with E-state index in [1.165, 1.54) is 30.3 Å². The minimum Gasteiger partial charge on any atom is -0.454 e. The van der Waals surface area contributed by atoms with Crippen LogP contribution in [0, 0.1) is 13.8 Å². The summed E-state index contributed by atoms with van der Waals surface area (Å²) in [5, 5.41) is 0. The van der Waals surface area contributed by atoms with Gasteiger partial charge in [0.25, 0.3) is 0 Å². The SMILES string of the molecule is C=CCNS(=O)(=O)c1ccc(C(=O)OCC(=O)c2ccc(C)cc2C)cc1. The van der Waals surface area contributed by atoms with E-state index in [1.54, 1.807) is 6.07 Å². The third kappa shape index (κ3) is 5.35. The first kappa shape index (κ1) is 20.5. The van der Waals surface area contributed by atoms with Crippen molar-refractivity contribution in [1.82, 2.24) is 4.72 Å². The maximum absolute atomic E-state index is 12.2. The van der Waals surface area contributed by atoms with Crippen LogP contribution < -0.4 is 4.72 Å². The lowest BCUT2D eigenvalue weighted by molar-refractivity contribution is 0.0474. The Balaban J connectivity index is 2.02. The van der Waals surface area contributed by atoms with Gasteiger partial charge in [-0.3, -0.25) is 4.79 Å². The van der Waals surface area contributed by atoms with E-state index >= 15 is 0 Å². The zero-order valence-electron chi connectivity index (χ0n) is 15.2. The number of esters is 1. The summed E-state index contributed by atoms with van der Waals surface area (Å²) >= 11 is 0. The predicted molar refractivity (Wildman–Crippen MR) is 102 cm³/mol. The Hall–Kier alpha value is -2.77. The highest BCUT2D eigenvalue weighted by atomic mass is 32.2. The number of aryl methyl sites for hydroxylation is 2. The molecule has 0 amide bonds. The highest BCUT2D eigenvalue weighted by Gasteiger charge is 2.16. The van der Waals surface area contributed by atoms with Crippen LogP contribution >= 0.6 is 0 Å². The highest BCUT2D eigenvalue weighted by Crippen LogP contribution is 2.13. The standard InChI is InChI=1S/C20H21NO5S/c1-4-11-21-27(24,25)17-8-6-16(7-9-17)20(23)26-13-19(22)18-10-5-14(2)12-15(18)3/h4-10,12,21H,1,11,13H2,2-3H3. The molecule has 0 spiro atoms. The largest absolute Gasteiger partial charge is 0.454 e. The maximum Gasteiger partial charge on any atom is 0.338 e. The van der Waals surface area contributed by atoms with Gasteiger partial charge in [-0.05, 0) is 43.7 Å². The van der Waals surface area contributed by atoms with Gasteiger partial charge in [-0.2, -0.15) is 0 Å². The Morgan fingerprint density at radius 3 is 2.37 bits per heavy atom. The lowest BCUT2D eigenvalue weighted by atomic mass is 10.0. The van der Waals surface area contributed by atoms with Crippen LogP contribution in [0.2, 0.25) is 0 Å². The van der Waals surface area contributed by atoms with E-state index in [9.17, 15) is 18.0 Å². The Labute approximate surface area is 158 Å². The number of hydrogen-bond acceptors (Lipinski definition) is 5. The zero-order chi connectivity index (χ0) is 20.0. The van der Waals surface area contributed by atoms with Gasteiger partial charge in [0.2, 0.25) is 15.8 Å². The van der Waals surface area contributed by atoms with Crippen LogP contribution in [-0.4, -0.2) is 33.3 Å². The quantitative estimate of drug-likeness (QED) is 0.427. The van der Waals surface area contributed by atoms with Gasteiger partial charge in [0, 0.05) is 12.1 Å². The van der Waals surface area contributed by atoms with Gasteiger partial charge in [-0.1, -0.05) is 29.8 Å². The fourth-order valence-electron chi connectivity index (χ4n) is 2.44. The van der Waals surface area contributed by atoms with Crippen molar-refractivity contribution in [2.24, 2.45) is 0 Å². The second-order valence-electron chi connectivity index (χ2n) is 5.98. The van der Waals surface area contributed by atoms with Gasteiger partial charge in [-0.15, -0.1) is 6.58 Å². The number of carbonyl (C=O) groups excluding carboxylic acids is 2. The molecule has 1 N–H and O–H groups in total. The second-order valence-corrected chi connectivity index (χ2v) is 7.75. The van der Waals surface area contributed by atoms with E-state index in [2.05, 4.69) is 11.3 Å².